The van der Waals surface area contributed by atoms with Crippen molar-refractivity contribution >= 4 is 23.9 Å². The predicted molar refractivity (Wildman–Crippen MR) is 135 cm³/mol. The Labute approximate surface area is 215 Å². The number of aliphatic hydroxyl groups is 4. The van der Waals surface area contributed by atoms with Crippen LogP contribution in [0.25, 0.3) is 0 Å². The maximum Gasteiger partial charge on any atom is 0.249 e. The van der Waals surface area contributed by atoms with Crippen molar-refractivity contribution < 1.29 is 39.6 Å². The van der Waals surface area contributed by atoms with Gasteiger partial charge < -0.3 is 26.2 Å². The van der Waals surface area contributed by atoms with E-state index in [2.05, 4.69) is 13.8 Å². The molecule has 1 unspecified atom stereocenters. The molecule has 0 aromatic heterocycles. The summed E-state index contributed by atoms with van der Waals surface area (Å²) >= 11 is 0. The van der Waals surface area contributed by atoms with Gasteiger partial charge in [-0.25, -0.2) is 0 Å². The highest BCUT2D eigenvalue weighted by atomic mass is 16.3. The molecule has 0 aliphatic rings. The van der Waals surface area contributed by atoms with Gasteiger partial charge in [-0.3, -0.25) is 24.1 Å². The monoisotopic (exact) mass is 515 g/mol. The molecule has 0 heterocycles. The number of carbonyl (C=O) groups excluding carboxylic acids is 4. The van der Waals surface area contributed by atoms with Crippen molar-refractivity contribution in [1.29, 1.82) is 0 Å². The van der Waals surface area contributed by atoms with Gasteiger partial charge in [0.15, 0.2) is 11.3 Å². The molecule has 0 aromatic rings. The minimum absolute atomic E-state index is 0.220. The molecule has 0 aliphatic carbocycles. The van der Waals surface area contributed by atoms with Gasteiger partial charge in [-0.05, 0) is 12.8 Å². The van der Waals surface area contributed by atoms with Crippen LogP contribution in [0.5, 0.6) is 0 Å². The van der Waals surface area contributed by atoms with E-state index in [1.165, 1.54) is 6.29 Å². The van der Waals surface area contributed by atoms with Crippen LogP contribution in [-0.4, -0.2) is 86.2 Å². The summed E-state index contributed by atoms with van der Waals surface area (Å²) in [6, 6.07) is -1.64. The van der Waals surface area contributed by atoms with Crippen molar-refractivity contribution in [3.63, 3.8) is 0 Å². The van der Waals surface area contributed by atoms with Gasteiger partial charge in [0.25, 0.3) is 0 Å². The van der Waals surface area contributed by atoms with E-state index in [0.717, 1.165) is 51.4 Å². The van der Waals surface area contributed by atoms with Gasteiger partial charge in [-0.2, -0.15) is 0 Å². The largest absolute Gasteiger partial charge is 0.394 e. The minimum atomic E-state index is -2.73. The summed E-state index contributed by atoms with van der Waals surface area (Å²) in [5.41, 5.74) is 2.87. The number of ketones is 1. The van der Waals surface area contributed by atoms with E-state index >= 15 is 0 Å². The fraction of sp³-hybridized carbons (Fsp3) is 0.846. The Morgan fingerprint density at radius 3 is 1.72 bits per heavy atom. The minimum Gasteiger partial charge on any atom is -0.394 e. The first-order valence-corrected chi connectivity index (χ1v) is 13.3. The molecule has 0 bridgehead atoms. The van der Waals surface area contributed by atoms with Gasteiger partial charge in [0, 0.05) is 6.42 Å². The SMILES string of the molecule is CCCCCCCC(O)CC(=O)[C@@]([C]=O)(CO)N(C(=O)C[C@H](O)CCCCCCC)C(=O)[C@@H](N)CO. The second-order valence-electron chi connectivity index (χ2n) is 9.52. The molecule has 0 aliphatic heterocycles. The van der Waals surface area contributed by atoms with Crippen LogP contribution in [-0.2, 0) is 19.2 Å². The Bertz CT molecular complexity index is 660. The Kier molecular flexibility index (Phi) is 18.5. The Morgan fingerprint density at radius 2 is 1.31 bits per heavy atom. The van der Waals surface area contributed by atoms with Gasteiger partial charge in [-0.1, -0.05) is 78.1 Å². The van der Waals surface area contributed by atoms with E-state index < -0.39 is 67.4 Å². The van der Waals surface area contributed by atoms with Crippen LogP contribution in [0.1, 0.15) is 104 Å². The zero-order valence-electron chi connectivity index (χ0n) is 22.0. The fourth-order valence-corrected chi connectivity index (χ4v) is 4.03. The summed E-state index contributed by atoms with van der Waals surface area (Å²) < 4.78 is 0. The smallest absolute Gasteiger partial charge is 0.249 e. The van der Waals surface area contributed by atoms with E-state index in [9.17, 15) is 39.6 Å². The van der Waals surface area contributed by atoms with Crippen LogP contribution in [0, 0.1) is 0 Å². The van der Waals surface area contributed by atoms with Crippen LogP contribution in [0.2, 0.25) is 0 Å². The summed E-state index contributed by atoms with van der Waals surface area (Å²) in [4.78, 5) is 51.3. The van der Waals surface area contributed by atoms with Crippen LogP contribution >= 0.6 is 0 Å². The quantitative estimate of drug-likeness (QED) is 0.105. The number of aliphatic hydroxyl groups excluding tert-OH is 4. The molecule has 0 saturated carbocycles. The second kappa shape index (κ2) is 19.4. The van der Waals surface area contributed by atoms with Crippen LogP contribution in [0.15, 0.2) is 0 Å². The summed E-state index contributed by atoms with van der Waals surface area (Å²) in [7, 11) is 0. The highest BCUT2D eigenvalue weighted by Gasteiger charge is 2.51. The lowest BCUT2D eigenvalue weighted by molar-refractivity contribution is -0.159. The summed E-state index contributed by atoms with van der Waals surface area (Å²) in [6.07, 6.45) is 7.58. The number of rotatable bonds is 22. The maximum absolute atomic E-state index is 13.1. The Balaban J connectivity index is 5.58. The Hall–Kier alpha value is -1.72. The summed E-state index contributed by atoms with van der Waals surface area (Å²) in [6.45, 7) is 2.00. The number of nitrogens with zero attached hydrogens (tertiary/aromatic N) is 1. The number of imide groups is 1. The van der Waals surface area contributed by atoms with Gasteiger partial charge in [0.2, 0.25) is 18.1 Å². The van der Waals surface area contributed by atoms with E-state index in [0.29, 0.717) is 12.8 Å². The van der Waals surface area contributed by atoms with Crippen molar-refractivity contribution in [2.24, 2.45) is 5.73 Å². The third-order valence-corrected chi connectivity index (χ3v) is 6.34. The van der Waals surface area contributed by atoms with Crippen molar-refractivity contribution in [3.05, 3.63) is 0 Å². The van der Waals surface area contributed by atoms with Crippen molar-refractivity contribution in [3.8, 4) is 0 Å². The molecule has 2 amide bonds. The first-order valence-electron chi connectivity index (χ1n) is 13.3. The molecular weight excluding hydrogens is 468 g/mol. The van der Waals surface area contributed by atoms with E-state index in [1.807, 2.05) is 0 Å². The van der Waals surface area contributed by atoms with Gasteiger partial charge in [0.05, 0.1) is 31.8 Å². The molecular formula is C26H47N2O8. The van der Waals surface area contributed by atoms with Crippen molar-refractivity contribution in [1.82, 2.24) is 4.90 Å². The topological polar surface area (TPSA) is 178 Å². The lowest BCUT2D eigenvalue weighted by Gasteiger charge is -2.37. The van der Waals surface area contributed by atoms with E-state index in [-0.39, 0.29) is 17.7 Å². The molecule has 10 heteroatoms. The number of unbranched alkanes of at least 4 members (excludes halogenated alkanes) is 8. The van der Waals surface area contributed by atoms with Crippen molar-refractivity contribution in [2.45, 2.75) is 128 Å². The molecule has 0 fully saturated rings. The zero-order chi connectivity index (χ0) is 27.6. The maximum atomic E-state index is 13.1. The number of amides is 2. The average Bonchev–Trinajstić information content (AvgIpc) is 2.85. The fourth-order valence-electron chi connectivity index (χ4n) is 4.03. The molecule has 10 nitrogen and oxygen atoms in total. The third kappa shape index (κ3) is 11.6. The number of nitrogens with two attached hydrogens (primary N) is 1. The van der Waals surface area contributed by atoms with E-state index in [4.69, 9.17) is 5.73 Å². The summed E-state index contributed by atoms with van der Waals surface area (Å²) in [5.74, 6) is -3.41. The number of hydrogen-bond acceptors (Lipinski definition) is 9. The van der Waals surface area contributed by atoms with Crippen LogP contribution in [0.4, 0.5) is 0 Å². The molecule has 0 spiro atoms. The number of hydrogen-bond donors (Lipinski definition) is 5. The molecule has 4 atom stereocenters. The van der Waals surface area contributed by atoms with Gasteiger partial charge in [0.1, 0.15) is 6.04 Å². The molecule has 0 rings (SSSR count). The predicted octanol–water partition coefficient (Wildman–Crippen LogP) is 1.29. The summed E-state index contributed by atoms with van der Waals surface area (Å²) in [5, 5.41) is 40.0. The lowest BCUT2D eigenvalue weighted by atomic mass is 9.88. The van der Waals surface area contributed by atoms with Crippen LogP contribution in [0.3, 0.4) is 0 Å². The number of carbonyl (C=O) groups is 3. The van der Waals surface area contributed by atoms with Crippen molar-refractivity contribution in [2.75, 3.05) is 13.2 Å². The van der Waals surface area contributed by atoms with E-state index in [1.54, 1.807) is 0 Å². The molecule has 36 heavy (non-hydrogen) atoms. The van der Waals surface area contributed by atoms with Gasteiger partial charge in [-0.15, -0.1) is 0 Å². The molecule has 1 radical (unpaired) electrons. The first kappa shape index (κ1) is 34.3. The lowest BCUT2D eigenvalue weighted by Crippen LogP contribution is -2.66. The highest BCUT2D eigenvalue weighted by Crippen LogP contribution is 2.23. The zero-order valence-corrected chi connectivity index (χ0v) is 22.0. The number of Topliss-reactive ketones (excluding diaryl/α,β-unsaturated/α-hetero) is 1. The molecule has 0 aromatic carbocycles. The molecule has 0 saturated heterocycles. The van der Waals surface area contributed by atoms with Gasteiger partial charge >= 0.3 is 0 Å². The third-order valence-electron chi connectivity index (χ3n) is 6.34. The second-order valence-corrected chi connectivity index (χ2v) is 9.52. The standard InChI is InChI=1S/C26H47N2O8/c1-3-5-7-9-11-13-20(32)15-23(34)26(18-30,19-31)28(25(36)22(27)17-29)24(35)16-21(33)14-12-10-8-6-4-2/h20-22,29-30,32-33H,3-18,27H2,1-2H3/t20?,21-,22+,26+/m1/s1. The first-order chi connectivity index (χ1) is 17.1. The normalized spacial score (nSPS) is 15.5. The Morgan fingerprint density at radius 1 is 0.833 bits per heavy atom. The van der Waals surface area contributed by atoms with Crippen LogP contribution < -0.4 is 5.73 Å². The molecule has 6 N–H and O–H groups in total. The average molecular weight is 516 g/mol. The molecule has 209 valence electrons. The highest BCUT2D eigenvalue weighted by molar-refractivity contribution is 6.13.